The van der Waals surface area contributed by atoms with Gasteiger partial charge in [0.05, 0.1) is 23.8 Å². The number of piperidine rings is 1. The second kappa shape index (κ2) is 12.3. The number of hydrogen-bond donors (Lipinski definition) is 2. The van der Waals surface area contributed by atoms with Crippen molar-refractivity contribution in [2.75, 3.05) is 19.7 Å². The molecule has 0 saturated carbocycles. The Balaban J connectivity index is 1.33. The molecule has 0 aliphatic carbocycles. The zero-order valence-corrected chi connectivity index (χ0v) is 21.3. The number of carbonyl (C=O) groups is 4. The lowest BCUT2D eigenvalue weighted by atomic mass is 10.0. The van der Waals surface area contributed by atoms with Crippen molar-refractivity contribution >= 4 is 31.9 Å². The highest BCUT2D eigenvalue weighted by atomic mass is 31.1. The molecule has 1 saturated heterocycles. The van der Waals surface area contributed by atoms with Gasteiger partial charge in [0.25, 0.3) is 20.0 Å². The van der Waals surface area contributed by atoms with E-state index in [1.807, 2.05) is 30.3 Å². The van der Waals surface area contributed by atoms with Crippen LogP contribution in [0.5, 0.6) is 0 Å². The lowest BCUT2D eigenvalue weighted by molar-refractivity contribution is -0.146. The molecular formula is C26H30N3O7P. The van der Waals surface area contributed by atoms with Gasteiger partial charge in [-0.15, -0.1) is 0 Å². The number of hydrogen-bond acceptors (Lipinski definition) is 6. The first-order valence-corrected chi connectivity index (χ1v) is 13.6. The number of carboxylic acids is 1. The standard InChI is InChI=1S/C26H30N3O7P/c30-23(31)17-28-14-6-13-22(26(28)34)27-37(35)36-15-7-10-19(16-18-8-2-1-3-9-18)29-24(32)20-11-4-5-12-21(20)25(29)33/h1-5,8-9,11-12,19,22,37H,6-7,10,13-17H2,(H,27,35)(H,30,31)/t19?,22-/m0/s1. The third-order valence-electron chi connectivity index (χ3n) is 6.57. The van der Waals surface area contributed by atoms with Gasteiger partial charge < -0.3 is 14.5 Å². The van der Waals surface area contributed by atoms with Crippen molar-refractivity contribution in [1.29, 1.82) is 0 Å². The Morgan fingerprint density at radius 2 is 1.70 bits per heavy atom. The van der Waals surface area contributed by atoms with Gasteiger partial charge in [0.15, 0.2) is 0 Å². The zero-order valence-electron chi connectivity index (χ0n) is 20.3. The predicted octanol–water partition coefficient (Wildman–Crippen LogP) is 2.75. The van der Waals surface area contributed by atoms with Gasteiger partial charge in [-0.05, 0) is 49.8 Å². The van der Waals surface area contributed by atoms with Crippen LogP contribution in [0.15, 0.2) is 54.6 Å². The number of carbonyl (C=O) groups excluding carboxylic acids is 3. The lowest BCUT2D eigenvalue weighted by Crippen LogP contribution is -2.50. The summed E-state index contributed by atoms with van der Waals surface area (Å²) in [7, 11) is -2.75. The fourth-order valence-electron chi connectivity index (χ4n) is 4.81. The SMILES string of the molecule is O=C(O)CN1CCC[C@H](N[PH](=O)OCCCC(Cc2ccccc2)N2C(=O)c3ccccc3C2=O)C1=O. The van der Waals surface area contributed by atoms with Gasteiger partial charge in [-0.25, -0.2) is 5.09 Å². The zero-order chi connectivity index (χ0) is 26.4. The van der Waals surface area contributed by atoms with E-state index in [9.17, 15) is 23.7 Å². The molecule has 0 spiro atoms. The number of rotatable bonds is 12. The van der Waals surface area contributed by atoms with Gasteiger partial charge in [-0.2, -0.15) is 0 Å². The van der Waals surface area contributed by atoms with Crippen molar-refractivity contribution in [2.45, 2.75) is 44.2 Å². The first kappa shape index (κ1) is 26.7. The average Bonchev–Trinajstić information content (AvgIpc) is 3.14. The summed E-state index contributed by atoms with van der Waals surface area (Å²) in [5.74, 6) is -2.14. The van der Waals surface area contributed by atoms with E-state index in [-0.39, 0.29) is 25.0 Å². The van der Waals surface area contributed by atoms with Gasteiger partial charge in [0, 0.05) is 12.6 Å². The van der Waals surface area contributed by atoms with E-state index in [2.05, 4.69) is 5.09 Å². The highest BCUT2D eigenvalue weighted by Gasteiger charge is 2.39. The van der Waals surface area contributed by atoms with E-state index in [0.29, 0.717) is 49.8 Å². The highest BCUT2D eigenvalue weighted by molar-refractivity contribution is 7.36. The van der Waals surface area contributed by atoms with Crippen LogP contribution in [0.25, 0.3) is 0 Å². The molecule has 2 N–H and O–H groups in total. The van der Waals surface area contributed by atoms with E-state index in [1.165, 1.54) is 9.80 Å². The summed E-state index contributed by atoms with van der Waals surface area (Å²) in [6.45, 7) is 0.0735. The Labute approximate surface area is 215 Å². The normalized spacial score (nSPS) is 19.1. The molecule has 1 fully saturated rings. The molecular weight excluding hydrogens is 497 g/mol. The van der Waals surface area contributed by atoms with Crippen molar-refractivity contribution in [3.8, 4) is 0 Å². The average molecular weight is 528 g/mol. The summed E-state index contributed by atoms with van der Waals surface area (Å²) in [5, 5.41) is 11.7. The van der Waals surface area contributed by atoms with E-state index >= 15 is 0 Å². The summed E-state index contributed by atoms with van der Waals surface area (Å²) in [6, 6.07) is 15.2. The fraction of sp³-hybridized carbons (Fsp3) is 0.385. The van der Waals surface area contributed by atoms with E-state index in [4.69, 9.17) is 9.63 Å². The van der Waals surface area contributed by atoms with Crippen LogP contribution >= 0.6 is 8.18 Å². The quantitative estimate of drug-likeness (QED) is 0.245. The van der Waals surface area contributed by atoms with Crippen molar-refractivity contribution in [2.24, 2.45) is 0 Å². The predicted molar refractivity (Wildman–Crippen MR) is 135 cm³/mol. The third-order valence-corrected chi connectivity index (χ3v) is 7.62. The van der Waals surface area contributed by atoms with Gasteiger partial charge in [-0.3, -0.25) is 28.6 Å². The summed E-state index contributed by atoms with van der Waals surface area (Å²) >= 11 is 0. The summed E-state index contributed by atoms with van der Waals surface area (Å²) in [5.41, 5.74) is 1.78. The number of nitrogens with one attached hydrogen (secondary N) is 1. The highest BCUT2D eigenvalue weighted by Crippen LogP contribution is 2.28. The Morgan fingerprint density at radius 3 is 2.35 bits per heavy atom. The molecule has 2 aliphatic rings. The van der Waals surface area contributed by atoms with E-state index in [0.717, 1.165) is 5.56 Å². The molecule has 0 radical (unpaired) electrons. The number of amides is 3. The van der Waals surface area contributed by atoms with Crippen LogP contribution in [0.2, 0.25) is 0 Å². The molecule has 2 heterocycles. The Morgan fingerprint density at radius 1 is 1.05 bits per heavy atom. The van der Waals surface area contributed by atoms with Gasteiger partial charge in [-0.1, -0.05) is 42.5 Å². The minimum absolute atomic E-state index is 0.110. The van der Waals surface area contributed by atoms with Crippen molar-refractivity contribution in [1.82, 2.24) is 14.9 Å². The Kier molecular flexibility index (Phi) is 8.87. The van der Waals surface area contributed by atoms with Crippen LogP contribution in [-0.4, -0.2) is 70.4 Å². The third kappa shape index (κ3) is 6.52. The molecule has 10 nitrogen and oxygen atoms in total. The topological polar surface area (TPSA) is 133 Å². The number of fused-ring (bicyclic) bond motifs is 1. The summed E-state index contributed by atoms with van der Waals surface area (Å²) in [4.78, 5) is 52.1. The largest absolute Gasteiger partial charge is 0.480 e. The molecule has 37 heavy (non-hydrogen) atoms. The molecule has 2 unspecified atom stereocenters. The second-order valence-corrected chi connectivity index (χ2v) is 10.3. The van der Waals surface area contributed by atoms with Crippen LogP contribution in [0.3, 0.4) is 0 Å². The van der Waals surface area contributed by atoms with Crippen molar-refractivity contribution in [3.63, 3.8) is 0 Å². The maximum Gasteiger partial charge on any atom is 0.323 e. The van der Waals surface area contributed by atoms with Crippen LogP contribution < -0.4 is 5.09 Å². The number of nitrogens with zero attached hydrogens (tertiary/aromatic N) is 2. The molecule has 0 bridgehead atoms. The molecule has 196 valence electrons. The fourth-order valence-corrected chi connectivity index (χ4v) is 5.78. The Hall–Kier alpha value is -3.33. The van der Waals surface area contributed by atoms with Crippen LogP contribution in [0.1, 0.15) is 52.0 Å². The van der Waals surface area contributed by atoms with Crippen molar-refractivity contribution < 1.29 is 33.4 Å². The number of carboxylic acid groups (broad SMARTS) is 1. The number of aliphatic carboxylic acids is 1. The van der Waals surface area contributed by atoms with Gasteiger partial charge >= 0.3 is 5.97 Å². The monoisotopic (exact) mass is 527 g/mol. The molecule has 11 heteroatoms. The molecule has 3 atom stereocenters. The lowest BCUT2D eigenvalue weighted by Gasteiger charge is -2.31. The second-order valence-electron chi connectivity index (χ2n) is 9.14. The minimum Gasteiger partial charge on any atom is -0.480 e. The van der Waals surface area contributed by atoms with Crippen LogP contribution in [0.4, 0.5) is 0 Å². The molecule has 2 aromatic carbocycles. The summed E-state index contributed by atoms with van der Waals surface area (Å²) < 4.78 is 17.9. The summed E-state index contributed by atoms with van der Waals surface area (Å²) in [6.07, 6.45) is 2.42. The molecule has 0 aromatic heterocycles. The number of imide groups is 1. The maximum atomic E-state index is 13.1. The Bertz CT molecular complexity index is 1150. The smallest absolute Gasteiger partial charge is 0.323 e. The van der Waals surface area contributed by atoms with Crippen molar-refractivity contribution in [3.05, 3.63) is 71.3 Å². The first-order valence-electron chi connectivity index (χ1n) is 12.3. The molecule has 2 aromatic rings. The first-order chi connectivity index (χ1) is 17.8. The molecule has 3 amide bonds. The maximum absolute atomic E-state index is 13.1. The van der Waals surface area contributed by atoms with Gasteiger partial charge in [0.1, 0.15) is 6.54 Å². The minimum atomic E-state index is -2.75. The van der Waals surface area contributed by atoms with E-state index < -0.39 is 32.1 Å². The van der Waals surface area contributed by atoms with Crippen LogP contribution in [0, 0.1) is 0 Å². The molecule has 2 aliphatic heterocycles. The van der Waals surface area contributed by atoms with Crippen LogP contribution in [-0.2, 0) is 25.1 Å². The van der Waals surface area contributed by atoms with Gasteiger partial charge in [0.2, 0.25) is 5.91 Å². The number of likely N-dealkylation sites (tertiary alicyclic amines) is 1. The molecule has 4 rings (SSSR count). The van der Waals surface area contributed by atoms with E-state index in [1.54, 1.807) is 24.3 Å². The number of benzene rings is 2.